The number of carbonyl (C=O) groups is 2. The van der Waals surface area contributed by atoms with Gasteiger partial charge in [-0.25, -0.2) is 0 Å². The topological polar surface area (TPSA) is 37.4 Å². The highest BCUT2D eigenvalue weighted by Crippen LogP contribution is 2.24. The first-order chi connectivity index (χ1) is 15.3. The largest absolute Gasteiger partial charge is 0.329 e. The Morgan fingerprint density at radius 3 is 2.28 bits per heavy atom. The predicted molar refractivity (Wildman–Crippen MR) is 133 cm³/mol. The third-order valence-corrected chi connectivity index (χ3v) is 6.05. The minimum Gasteiger partial charge on any atom is -0.329 e. The van der Waals surface area contributed by atoms with Crippen LogP contribution in [0.2, 0.25) is 0 Å². The summed E-state index contributed by atoms with van der Waals surface area (Å²) in [5, 5.41) is 0. The van der Waals surface area contributed by atoms with Gasteiger partial charge >= 0.3 is 0 Å². The molecule has 0 radical (unpaired) electrons. The van der Waals surface area contributed by atoms with Crippen molar-refractivity contribution < 1.29 is 14.1 Å². The van der Waals surface area contributed by atoms with Gasteiger partial charge in [0.1, 0.15) is 0 Å². The van der Waals surface area contributed by atoms with E-state index in [1.165, 1.54) is 32.1 Å². The molecule has 1 amide bonds. The number of carbonyl (C=O) groups excluding carboxylic acids is 2. The van der Waals surface area contributed by atoms with Gasteiger partial charge in [0.2, 0.25) is 5.91 Å². The number of benzene rings is 1. The van der Waals surface area contributed by atoms with E-state index < -0.39 is 0 Å². The van der Waals surface area contributed by atoms with E-state index in [0.717, 1.165) is 35.1 Å². The maximum atomic E-state index is 13.2. The summed E-state index contributed by atoms with van der Waals surface area (Å²) in [4.78, 5) is 28.1. The fraction of sp³-hybridized carbons (Fsp3) is 0.571. The van der Waals surface area contributed by atoms with Crippen molar-refractivity contribution in [3.8, 4) is 0 Å². The Balaban J connectivity index is 2.04. The monoisotopic (exact) mass is 439 g/mol. The maximum Gasteiger partial charge on any atom is 0.227 e. The van der Waals surface area contributed by atoms with Gasteiger partial charge in [0, 0.05) is 23.6 Å². The van der Waals surface area contributed by atoms with Gasteiger partial charge in [0.15, 0.2) is 5.78 Å². The van der Waals surface area contributed by atoms with Crippen LogP contribution in [-0.4, -0.2) is 55.3 Å². The molecular formula is C28H43N2O2+. The summed E-state index contributed by atoms with van der Waals surface area (Å²) in [5.74, 6) is 0.0876. The van der Waals surface area contributed by atoms with E-state index in [0.29, 0.717) is 19.4 Å². The fourth-order valence-electron chi connectivity index (χ4n) is 4.01. The highest BCUT2D eigenvalue weighted by Gasteiger charge is 2.25. The second-order valence-electron chi connectivity index (χ2n) is 10.00. The first-order valence-electron chi connectivity index (χ1n) is 12.4. The minimum atomic E-state index is -0.213. The van der Waals surface area contributed by atoms with Gasteiger partial charge in [-0.15, -0.1) is 0 Å². The molecule has 1 aliphatic rings. The Morgan fingerprint density at radius 2 is 1.62 bits per heavy atom. The van der Waals surface area contributed by atoms with Crippen LogP contribution in [0.15, 0.2) is 54.3 Å². The molecule has 2 rings (SSSR count). The maximum absolute atomic E-state index is 13.2. The molecule has 0 aliphatic heterocycles. The second kappa shape index (κ2) is 13.4. The summed E-state index contributed by atoms with van der Waals surface area (Å²) in [6, 6.07) is 9.46. The molecule has 0 heterocycles. The molecule has 4 heteroatoms. The van der Waals surface area contributed by atoms with Gasteiger partial charge in [-0.1, -0.05) is 81.9 Å². The van der Waals surface area contributed by atoms with Crippen molar-refractivity contribution in [3.63, 3.8) is 0 Å². The lowest BCUT2D eigenvalue weighted by molar-refractivity contribution is -0.869. The molecule has 4 nitrogen and oxygen atoms in total. The zero-order valence-corrected chi connectivity index (χ0v) is 20.7. The van der Waals surface area contributed by atoms with E-state index in [4.69, 9.17) is 0 Å². The molecule has 32 heavy (non-hydrogen) atoms. The number of quaternary nitrogens is 1. The van der Waals surface area contributed by atoms with E-state index in [9.17, 15) is 9.59 Å². The number of allylic oxidation sites excluding steroid dienone is 3. The highest BCUT2D eigenvalue weighted by atomic mass is 16.2. The van der Waals surface area contributed by atoms with Gasteiger partial charge in [-0.05, 0) is 25.0 Å². The summed E-state index contributed by atoms with van der Waals surface area (Å²) in [6.07, 6.45) is 15.7. The fourth-order valence-corrected chi connectivity index (χ4v) is 4.01. The van der Waals surface area contributed by atoms with Gasteiger partial charge < -0.3 is 9.38 Å². The van der Waals surface area contributed by atoms with Crippen molar-refractivity contribution in [2.45, 2.75) is 64.7 Å². The van der Waals surface area contributed by atoms with Gasteiger partial charge in [-0.3, -0.25) is 9.59 Å². The Labute approximate surface area is 195 Å². The standard InChI is InChI=1S/C28H43N2O2/c1-5-6-7-8-9-10-14-20-27(31)29(21-22-30(2,3)4)26-19-15-18-25(23-26)28(32)24-16-12-11-13-17-24/h11-13,15-17,19,23,25H,5-10,14,18,20-22H2,1-4H3/q+1. The number of likely N-dealkylation sites (N-methyl/N-ethyl adjacent to an activating group) is 1. The molecule has 0 fully saturated rings. The van der Waals surface area contributed by atoms with Gasteiger partial charge in [0.25, 0.3) is 0 Å². The van der Waals surface area contributed by atoms with Crippen LogP contribution in [-0.2, 0) is 4.79 Å². The van der Waals surface area contributed by atoms with E-state index in [-0.39, 0.29) is 17.6 Å². The quantitative estimate of drug-likeness (QED) is 0.202. The number of rotatable bonds is 14. The number of hydrogen-bond acceptors (Lipinski definition) is 2. The molecule has 1 aromatic carbocycles. The van der Waals surface area contributed by atoms with Gasteiger partial charge in [-0.2, -0.15) is 0 Å². The van der Waals surface area contributed by atoms with Crippen LogP contribution >= 0.6 is 0 Å². The number of unbranched alkanes of at least 4 members (excludes halogenated alkanes) is 6. The predicted octanol–water partition coefficient (Wildman–Crippen LogP) is 6.00. The molecular weight excluding hydrogens is 396 g/mol. The summed E-state index contributed by atoms with van der Waals surface area (Å²) in [5.41, 5.74) is 1.61. The molecule has 1 unspecified atom stereocenters. The van der Waals surface area contributed by atoms with E-state index >= 15 is 0 Å². The Bertz CT molecular complexity index is 774. The van der Waals surface area contributed by atoms with E-state index in [1.807, 2.05) is 53.5 Å². The normalized spacial score (nSPS) is 16.0. The van der Waals surface area contributed by atoms with E-state index in [2.05, 4.69) is 28.1 Å². The third kappa shape index (κ3) is 9.12. The number of hydrogen-bond donors (Lipinski definition) is 0. The molecule has 176 valence electrons. The van der Waals surface area contributed by atoms with Crippen molar-refractivity contribution in [1.82, 2.24) is 4.90 Å². The molecule has 0 aromatic heterocycles. The highest BCUT2D eigenvalue weighted by molar-refractivity contribution is 5.99. The van der Waals surface area contributed by atoms with Crippen molar-refractivity contribution >= 4 is 11.7 Å². The average Bonchev–Trinajstić information content (AvgIpc) is 2.78. The SMILES string of the molecule is CCCCCCCCCC(=O)N(CC[N+](C)(C)C)C1=CC(C(=O)c2ccccc2)CC=C1. The summed E-state index contributed by atoms with van der Waals surface area (Å²) < 4.78 is 0.796. The third-order valence-electron chi connectivity index (χ3n) is 6.05. The summed E-state index contributed by atoms with van der Waals surface area (Å²) >= 11 is 0. The number of amides is 1. The average molecular weight is 440 g/mol. The van der Waals surface area contributed by atoms with E-state index in [1.54, 1.807) is 0 Å². The Hall–Kier alpha value is -2.20. The molecule has 1 aliphatic carbocycles. The Morgan fingerprint density at radius 1 is 0.969 bits per heavy atom. The summed E-state index contributed by atoms with van der Waals surface area (Å²) in [6.45, 7) is 3.77. The summed E-state index contributed by atoms with van der Waals surface area (Å²) in [7, 11) is 6.43. The minimum absolute atomic E-state index is 0.124. The number of Topliss-reactive ketones (excluding diaryl/α,β-unsaturated/α-hetero) is 1. The van der Waals surface area contributed by atoms with Crippen LogP contribution < -0.4 is 0 Å². The molecule has 0 saturated heterocycles. The smallest absolute Gasteiger partial charge is 0.227 e. The van der Waals surface area contributed by atoms with Crippen molar-refractivity contribution in [3.05, 3.63) is 59.8 Å². The lowest BCUT2D eigenvalue weighted by Crippen LogP contribution is -2.43. The van der Waals surface area contributed by atoms with Crippen molar-refractivity contribution in [1.29, 1.82) is 0 Å². The lowest BCUT2D eigenvalue weighted by Gasteiger charge is -2.31. The zero-order valence-electron chi connectivity index (χ0n) is 20.7. The van der Waals surface area contributed by atoms with Crippen LogP contribution in [0.25, 0.3) is 0 Å². The van der Waals surface area contributed by atoms with Crippen molar-refractivity contribution in [2.75, 3.05) is 34.2 Å². The van der Waals surface area contributed by atoms with Crippen LogP contribution in [0.1, 0.15) is 75.1 Å². The molecule has 0 N–H and O–H groups in total. The van der Waals surface area contributed by atoms with Crippen LogP contribution in [0.5, 0.6) is 0 Å². The van der Waals surface area contributed by atoms with Crippen LogP contribution in [0, 0.1) is 5.92 Å². The second-order valence-corrected chi connectivity index (χ2v) is 10.00. The van der Waals surface area contributed by atoms with Crippen LogP contribution in [0.3, 0.4) is 0 Å². The van der Waals surface area contributed by atoms with Crippen molar-refractivity contribution in [2.24, 2.45) is 5.92 Å². The first kappa shape index (κ1) is 26.1. The molecule has 0 spiro atoms. The first-order valence-corrected chi connectivity index (χ1v) is 12.4. The molecule has 0 bridgehead atoms. The van der Waals surface area contributed by atoms with Gasteiger partial charge in [0.05, 0.1) is 34.2 Å². The number of nitrogens with zero attached hydrogens (tertiary/aromatic N) is 2. The zero-order chi connectivity index (χ0) is 23.4. The Kier molecular flexibility index (Phi) is 10.9. The molecule has 1 atom stereocenters. The molecule has 0 saturated carbocycles. The van der Waals surface area contributed by atoms with Crippen LogP contribution in [0.4, 0.5) is 0 Å². The lowest BCUT2D eigenvalue weighted by atomic mass is 9.90. The molecule has 1 aromatic rings. The number of ketones is 1.